The molecule has 6 heterocycles. The number of Topliss-reactive ketones (excluding diaryl/α,β-unsaturated/α-hetero) is 1. The highest BCUT2D eigenvalue weighted by molar-refractivity contribution is 7.23. The van der Waals surface area contributed by atoms with Crippen LogP contribution in [0.3, 0.4) is 0 Å². The average Bonchev–Trinajstić information content (AvgIpc) is 4.07. The van der Waals surface area contributed by atoms with E-state index in [2.05, 4.69) is 20.2 Å². The Bertz CT molecular complexity index is 2390. The van der Waals surface area contributed by atoms with Crippen LogP contribution in [0.2, 0.25) is 5.02 Å². The Labute approximate surface area is 317 Å². The smallest absolute Gasteiger partial charge is 0.318 e. The first-order valence-corrected chi connectivity index (χ1v) is 19.2. The molecule has 278 valence electrons. The number of nitrogens with two attached hydrogens (primary N) is 1. The number of halogens is 4. The molecule has 3 N–H and O–H groups in total. The van der Waals surface area contributed by atoms with Crippen molar-refractivity contribution < 1.29 is 27.4 Å². The molecule has 4 fully saturated rings. The van der Waals surface area contributed by atoms with Crippen LogP contribution in [-0.2, 0) is 0 Å². The molecule has 0 radical (unpaired) electrons. The zero-order valence-electron chi connectivity index (χ0n) is 29.2. The number of benzene rings is 3. The van der Waals surface area contributed by atoms with Gasteiger partial charge in [-0.3, -0.25) is 9.69 Å². The largest absolute Gasteiger partial charge is 0.489 e. The van der Waals surface area contributed by atoms with Gasteiger partial charge in [-0.15, -0.1) is 11.3 Å². The predicted molar refractivity (Wildman–Crippen MR) is 202 cm³/mol. The molecule has 10 nitrogen and oxygen atoms in total. The highest BCUT2D eigenvalue weighted by atomic mass is 35.5. The monoisotopic (exact) mass is 773 g/mol. The normalized spacial score (nSPS) is 23.0. The summed E-state index contributed by atoms with van der Waals surface area (Å²) in [6.45, 7) is 2.26. The van der Waals surface area contributed by atoms with Gasteiger partial charge in [0.1, 0.15) is 35.2 Å². The molecule has 4 unspecified atom stereocenters. The minimum atomic E-state index is -0.831. The van der Waals surface area contributed by atoms with E-state index in [9.17, 15) is 18.8 Å². The first-order valence-electron chi connectivity index (χ1n) is 18.0. The maximum atomic E-state index is 16.8. The third-order valence-corrected chi connectivity index (χ3v) is 12.5. The lowest BCUT2D eigenvalue weighted by Gasteiger charge is -2.23. The number of alkyl halides is 1. The molecule has 10 rings (SSSR count). The maximum absolute atomic E-state index is 16.8. The van der Waals surface area contributed by atoms with Crippen LogP contribution in [0.1, 0.15) is 48.0 Å². The van der Waals surface area contributed by atoms with E-state index in [1.807, 2.05) is 17.0 Å². The van der Waals surface area contributed by atoms with Gasteiger partial charge in [0.25, 0.3) is 0 Å². The fourth-order valence-corrected chi connectivity index (χ4v) is 9.57. The molecule has 4 atom stereocenters. The molecule has 0 bridgehead atoms. The van der Waals surface area contributed by atoms with E-state index in [1.165, 1.54) is 32.1 Å². The van der Waals surface area contributed by atoms with Crippen molar-refractivity contribution in [3.05, 3.63) is 64.2 Å². The number of anilines is 3. The van der Waals surface area contributed by atoms with Crippen LogP contribution in [0.5, 0.6) is 11.8 Å². The molecule has 4 aliphatic heterocycles. The number of carbonyl (C=O) groups is 1. The van der Waals surface area contributed by atoms with E-state index >= 15 is 4.39 Å². The molecule has 3 saturated heterocycles. The number of nitrogens with zero attached hydrogens (tertiary/aromatic N) is 5. The zero-order chi connectivity index (χ0) is 37.4. The fraction of sp³-hybridized carbons (Fsp3) is 0.385. The summed E-state index contributed by atoms with van der Waals surface area (Å²) in [5.41, 5.74) is 7.19. The quantitative estimate of drug-likeness (QED) is 0.131. The van der Waals surface area contributed by atoms with Crippen LogP contribution < -0.4 is 25.4 Å². The number of ether oxygens (including phenoxy) is 2. The second-order valence-corrected chi connectivity index (χ2v) is 15.8. The third kappa shape index (κ3) is 5.89. The molecule has 5 aromatic rings. The van der Waals surface area contributed by atoms with Gasteiger partial charge in [-0.1, -0.05) is 29.8 Å². The van der Waals surface area contributed by atoms with E-state index in [1.54, 1.807) is 18.2 Å². The van der Waals surface area contributed by atoms with Crippen LogP contribution in [0.15, 0.2) is 36.4 Å². The van der Waals surface area contributed by atoms with E-state index in [4.69, 9.17) is 26.8 Å². The molecule has 5 aliphatic rings. The lowest BCUT2D eigenvalue weighted by atomic mass is 9.96. The lowest BCUT2D eigenvalue weighted by Crippen LogP contribution is -2.23. The number of hydrogen-bond acceptors (Lipinski definition) is 11. The number of nitriles is 1. The van der Waals surface area contributed by atoms with Crippen molar-refractivity contribution in [3.8, 4) is 29.0 Å². The van der Waals surface area contributed by atoms with Crippen LogP contribution in [0, 0.1) is 28.9 Å². The molecule has 1 aliphatic carbocycles. The first kappa shape index (κ1) is 35.0. The molecular formula is C39H35ClF3N7O3S. The summed E-state index contributed by atoms with van der Waals surface area (Å²) in [5.74, 6) is -0.417. The van der Waals surface area contributed by atoms with Crippen LogP contribution >= 0.6 is 22.9 Å². The van der Waals surface area contributed by atoms with Gasteiger partial charge in [-0.05, 0) is 68.3 Å². The van der Waals surface area contributed by atoms with Crippen molar-refractivity contribution in [3.63, 3.8) is 0 Å². The van der Waals surface area contributed by atoms with E-state index in [0.29, 0.717) is 29.8 Å². The van der Waals surface area contributed by atoms with Crippen molar-refractivity contribution in [1.29, 1.82) is 5.26 Å². The highest BCUT2D eigenvalue weighted by Crippen LogP contribution is 2.51. The van der Waals surface area contributed by atoms with Crippen molar-refractivity contribution in [2.75, 3.05) is 44.0 Å². The summed E-state index contributed by atoms with van der Waals surface area (Å²) in [6.07, 6.45) is 5.11. The number of fused-ring (bicyclic) bond motifs is 2. The summed E-state index contributed by atoms with van der Waals surface area (Å²) < 4.78 is 55.9. The number of thiophene rings is 1. The number of carbonyl (C=O) groups excluding carboxylic acids is 1. The summed E-state index contributed by atoms with van der Waals surface area (Å²) in [6, 6.07) is 12.3. The number of rotatable bonds is 6. The Morgan fingerprint density at radius 2 is 2.00 bits per heavy atom. The predicted octanol–water partition coefficient (Wildman–Crippen LogP) is 7.56. The Balaban J connectivity index is 0.000000372. The SMILES string of the molecule is COc1nc2c3c(c(Cl)c(-c4ccc(F)c5sc(N)c(C#N)c45)c(F)c3n1)OCCN2c1cccc(C(=O)C2NC2C2CC2)c1.FC1CC2CCCN2C1. The summed E-state index contributed by atoms with van der Waals surface area (Å²) in [5, 5.41) is 13.5. The van der Waals surface area contributed by atoms with Crippen molar-refractivity contribution in [1.82, 2.24) is 20.2 Å². The Hall–Kier alpha value is -4.68. The van der Waals surface area contributed by atoms with E-state index in [0.717, 1.165) is 37.1 Å². The number of aromatic nitrogens is 2. The zero-order valence-corrected chi connectivity index (χ0v) is 30.7. The minimum absolute atomic E-state index is 0.0262. The van der Waals surface area contributed by atoms with Gasteiger partial charge >= 0.3 is 6.01 Å². The molecule has 54 heavy (non-hydrogen) atoms. The van der Waals surface area contributed by atoms with Crippen molar-refractivity contribution in [2.45, 2.75) is 56.4 Å². The van der Waals surface area contributed by atoms with Gasteiger partial charge < -0.3 is 25.4 Å². The standard InChI is InChI=1S/C32H23ClF2N6O3S.C7H12FN/c1-43-32-39-25-21-28(22(33)20(23(25)35)16-7-8-18(34)29-19(16)17(12-36)30(37)45-29)44-10-9-41(31(21)40-32)15-4-2-3-14(11-15)27(42)26-24(38-26)13-5-6-13;8-6-4-7-2-1-3-9(7)5-6/h2-4,7-8,11,13,24,26,38H,5-6,9-10,37H2,1H3;6-7H,1-5H2. The Kier molecular flexibility index (Phi) is 8.80. The fourth-order valence-electron chi connectivity index (χ4n) is 8.29. The molecular weight excluding hydrogens is 739 g/mol. The average molecular weight is 774 g/mol. The number of nitrogens with one attached hydrogen (secondary N) is 1. The number of ketones is 1. The van der Waals surface area contributed by atoms with E-state index in [-0.39, 0.29) is 96.3 Å². The lowest BCUT2D eigenvalue weighted by molar-refractivity contribution is 0.0987. The molecule has 0 amide bonds. The van der Waals surface area contributed by atoms with Gasteiger partial charge in [0.15, 0.2) is 23.2 Å². The Morgan fingerprint density at radius 1 is 1.17 bits per heavy atom. The van der Waals surface area contributed by atoms with Crippen LogP contribution in [0.25, 0.3) is 32.1 Å². The van der Waals surface area contributed by atoms with Crippen molar-refractivity contribution in [2.24, 2.45) is 5.92 Å². The number of methoxy groups -OCH3 is 1. The molecule has 3 aromatic carbocycles. The van der Waals surface area contributed by atoms with E-state index < -0.39 is 17.8 Å². The number of hydrogen-bond donors (Lipinski definition) is 2. The maximum Gasteiger partial charge on any atom is 0.318 e. The van der Waals surface area contributed by atoms with Gasteiger partial charge in [0.2, 0.25) is 0 Å². The van der Waals surface area contributed by atoms with Gasteiger partial charge in [-0.25, -0.2) is 13.2 Å². The van der Waals surface area contributed by atoms with Crippen LogP contribution in [-0.4, -0.2) is 78.3 Å². The third-order valence-electron chi connectivity index (χ3n) is 11.1. The molecule has 2 aromatic heterocycles. The number of nitrogen functional groups attached to an aromatic ring is 1. The topological polar surface area (TPSA) is 140 Å². The summed E-state index contributed by atoms with van der Waals surface area (Å²) in [4.78, 5) is 26.3. The second kappa shape index (κ2) is 13.6. The highest BCUT2D eigenvalue weighted by Gasteiger charge is 2.51. The van der Waals surface area contributed by atoms with Gasteiger partial charge in [0.05, 0.1) is 40.4 Å². The van der Waals surface area contributed by atoms with Gasteiger partial charge in [-0.2, -0.15) is 15.2 Å². The summed E-state index contributed by atoms with van der Waals surface area (Å²) >= 11 is 7.84. The van der Waals surface area contributed by atoms with Crippen LogP contribution in [0.4, 0.5) is 29.7 Å². The minimum Gasteiger partial charge on any atom is -0.489 e. The van der Waals surface area contributed by atoms with Crippen molar-refractivity contribution >= 4 is 66.2 Å². The summed E-state index contributed by atoms with van der Waals surface area (Å²) in [7, 11) is 1.37. The first-order chi connectivity index (χ1) is 26.2. The van der Waals surface area contributed by atoms with Gasteiger partial charge in [0, 0.05) is 40.8 Å². The molecule has 0 spiro atoms. The molecule has 15 heteroatoms. The second-order valence-electron chi connectivity index (χ2n) is 14.4. The molecule has 1 saturated carbocycles. The Morgan fingerprint density at radius 3 is 2.76 bits per heavy atom.